The summed E-state index contributed by atoms with van der Waals surface area (Å²) >= 11 is 0. The van der Waals surface area contributed by atoms with Crippen molar-refractivity contribution in [1.82, 2.24) is 19.1 Å². The van der Waals surface area contributed by atoms with Crippen molar-refractivity contribution < 1.29 is 9.84 Å². The van der Waals surface area contributed by atoms with Crippen LogP contribution in [-0.4, -0.2) is 31.3 Å². The molecule has 6 nitrogen and oxygen atoms in total. The van der Waals surface area contributed by atoms with Gasteiger partial charge in [0.2, 0.25) is 0 Å². The highest BCUT2D eigenvalue weighted by Gasteiger charge is 2.14. The van der Waals surface area contributed by atoms with Crippen LogP contribution in [0.2, 0.25) is 0 Å². The molecule has 4 heterocycles. The smallest absolute Gasteiger partial charge is 0.119 e. The predicted molar refractivity (Wildman–Crippen MR) is 143 cm³/mol. The third kappa shape index (κ3) is 3.01. The summed E-state index contributed by atoms with van der Waals surface area (Å²) in [6.07, 6.45) is 7.84. The number of ether oxygens (including phenoxy) is 1. The maximum absolute atomic E-state index is 9.51. The van der Waals surface area contributed by atoms with Gasteiger partial charge in [-0.05, 0) is 72.3 Å². The highest BCUT2D eigenvalue weighted by Crippen LogP contribution is 2.33. The normalized spacial score (nSPS) is 11.7. The molecule has 0 aliphatic heterocycles. The Morgan fingerprint density at radius 2 is 1.28 bits per heavy atom. The molecule has 6 heteroatoms. The van der Waals surface area contributed by atoms with Crippen molar-refractivity contribution in [3.05, 3.63) is 103 Å². The number of pyridine rings is 2. The topological polar surface area (TPSA) is 65.1 Å². The molecule has 4 aromatic heterocycles. The molecule has 0 aliphatic rings. The van der Waals surface area contributed by atoms with Crippen LogP contribution in [0.5, 0.6) is 5.75 Å². The number of hydrogen-bond acceptors (Lipinski definition) is 4. The fourth-order valence-corrected chi connectivity index (χ4v) is 5.18. The first-order valence-corrected chi connectivity index (χ1v) is 11.8. The fourth-order valence-electron chi connectivity index (χ4n) is 5.18. The van der Waals surface area contributed by atoms with E-state index >= 15 is 0 Å². The first-order chi connectivity index (χ1) is 17.7. The Bertz CT molecular complexity index is 1790. The average Bonchev–Trinajstić information content (AvgIpc) is 3.55. The fraction of sp³-hybridized carbons (Fsp3) is 0.0667. The summed E-state index contributed by atoms with van der Waals surface area (Å²) in [5, 5.41) is 13.8. The molecule has 174 valence electrons. The van der Waals surface area contributed by atoms with Crippen molar-refractivity contribution in [3.63, 3.8) is 0 Å². The standard InChI is InChI=1S/C30H22N4O2/c1-36-22-3-7-26-21(17-22)11-15-34(26)28-9-13-32-30-24(28)5-4-23-27(8-12-31-29(23)30)33-14-10-20-16-19(18-35)2-6-25(20)33/h2-17,35H,18H2,1H3. The van der Waals surface area contributed by atoms with Gasteiger partial charge in [0.15, 0.2) is 0 Å². The van der Waals surface area contributed by atoms with Gasteiger partial charge < -0.3 is 19.0 Å². The van der Waals surface area contributed by atoms with Gasteiger partial charge in [-0.1, -0.05) is 6.07 Å². The lowest BCUT2D eigenvalue weighted by atomic mass is 10.1. The van der Waals surface area contributed by atoms with E-state index in [0.717, 1.165) is 66.3 Å². The van der Waals surface area contributed by atoms with Gasteiger partial charge in [0.1, 0.15) is 5.75 Å². The molecule has 0 atom stereocenters. The largest absolute Gasteiger partial charge is 0.497 e. The molecule has 7 rings (SSSR count). The van der Waals surface area contributed by atoms with E-state index in [9.17, 15) is 5.11 Å². The molecule has 36 heavy (non-hydrogen) atoms. The lowest BCUT2D eigenvalue weighted by Crippen LogP contribution is -1.98. The summed E-state index contributed by atoms with van der Waals surface area (Å²) in [6, 6.07) is 24.7. The van der Waals surface area contributed by atoms with Crippen molar-refractivity contribution in [1.29, 1.82) is 0 Å². The number of rotatable bonds is 4. The Hall–Kier alpha value is -4.68. The first kappa shape index (κ1) is 20.7. The van der Waals surface area contributed by atoms with Crippen LogP contribution in [0.3, 0.4) is 0 Å². The van der Waals surface area contributed by atoms with Crippen molar-refractivity contribution >= 4 is 43.6 Å². The van der Waals surface area contributed by atoms with Crippen LogP contribution in [0.1, 0.15) is 5.56 Å². The molecule has 3 aromatic carbocycles. The molecule has 0 saturated heterocycles. The van der Waals surface area contributed by atoms with Gasteiger partial charge in [0.05, 0.1) is 47.2 Å². The Balaban J connectivity index is 1.44. The van der Waals surface area contributed by atoms with E-state index in [4.69, 9.17) is 14.7 Å². The molecule has 0 bridgehead atoms. The van der Waals surface area contributed by atoms with Gasteiger partial charge in [-0.2, -0.15) is 0 Å². The van der Waals surface area contributed by atoms with E-state index in [-0.39, 0.29) is 6.61 Å². The van der Waals surface area contributed by atoms with Crippen molar-refractivity contribution in [2.75, 3.05) is 7.11 Å². The number of aliphatic hydroxyl groups is 1. The third-order valence-corrected chi connectivity index (χ3v) is 6.93. The zero-order valence-electron chi connectivity index (χ0n) is 19.6. The van der Waals surface area contributed by atoms with E-state index in [0.29, 0.717) is 0 Å². The van der Waals surface area contributed by atoms with Crippen LogP contribution < -0.4 is 4.74 Å². The SMILES string of the molecule is COc1ccc2c(ccn2-c2ccnc3c2ccc2c(-n4ccc5cc(CO)ccc54)ccnc23)c1. The van der Waals surface area contributed by atoms with Gasteiger partial charge in [-0.25, -0.2) is 0 Å². The van der Waals surface area contributed by atoms with Crippen molar-refractivity contribution in [3.8, 4) is 17.1 Å². The lowest BCUT2D eigenvalue weighted by molar-refractivity contribution is 0.282. The van der Waals surface area contributed by atoms with Crippen LogP contribution in [0.25, 0.3) is 55.0 Å². The Kier molecular flexibility index (Phi) is 4.56. The van der Waals surface area contributed by atoms with Crippen LogP contribution >= 0.6 is 0 Å². The molecule has 0 amide bonds. The highest BCUT2D eigenvalue weighted by atomic mass is 16.5. The molecule has 0 fully saturated rings. The predicted octanol–water partition coefficient (Wildman–Crippen LogP) is 6.17. The third-order valence-electron chi connectivity index (χ3n) is 6.93. The quantitative estimate of drug-likeness (QED) is 0.312. The summed E-state index contributed by atoms with van der Waals surface area (Å²) < 4.78 is 9.75. The Morgan fingerprint density at radius 3 is 1.86 bits per heavy atom. The van der Waals surface area contributed by atoms with Gasteiger partial charge in [-0.3, -0.25) is 9.97 Å². The molecule has 0 saturated carbocycles. The average molecular weight is 471 g/mol. The molecular weight excluding hydrogens is 448 g/mol. The van der Waals surface area contributed by atoms with Crippen LogP contribution in [0.15, 0.2) is 97.6 Å². The van der Waals surface area contributed by atoms with Gasteiger partial charge in [0, 0.05) is 46.3 Å². The van der Waals surface area contributed by atoms with E-state index in [2.05, 4.69) is 57.9 Å². The van der Waals surface area contributed by atoms with Crippen molar-refractivity contribution in [2.45, 2.75) is 6.61 Å². The number of fused-ring (bicyclic) bond motifs is 5. The summed E-state index contributed by atoms with van der Waals surface area (Å²) in [5.41, 5.74) is 6.90. The minimum Gasteiger partial charge on any atom is -0.497 e. The maximum atomic E-state index is 9.51. The monoisotopic (exact) mass is 470 g/mol. The summed E-state index contributed by atoms with van der Waals surface area (Å²) in [4.78, 5) is 9.52. The van der Waals surface area contributed by atoms with E-state index in [1.165, 1.54) is 0 Å². The van der Waals surface area contributed by atoms with Gasteiger partial charge in [0.25, 0.3) is 0 Å². The molecule has 0 radical (unpaired) electrons. The Morgan fingerprint density at radius 1 is 0.694 bits per heavy atom. The van der Waals surface area contributed by atoms with E-state index in [1.807, 2.05) is 48.8 Å². The van der Waals surface area contributed by atoms with Crippen LogP contribution in [0.4, 0.5) is 0 Å². The number of nitrogens with zero attached hydrogens (tertiary/aromatic N) is 4. The second-order valence-corrected chi connectivity index (χ2v) is 8.87. The zero-order chi connectivity index (χ0) is 24.2. The molecule has 1 N–H and O–H groups in total. The maximum Gasteiger partial charge on any atom is 0.119 e. The highest BCUT2D eigenvalue weighted by molar-refractivity contribution is 6.08. The minimum atomic E-state index is 0.0313. The molecule has 0 aliphatic carbocycles. The summed E-state index contributed by atoms with van der Waals surface area (Å²) in [5.74, 6) is 0.840. The Labute approximate surface area is 206 Å². The summed E-state index contributed by atoms with van der Waals surface area (Å²) in [7, 11) is 1.68. The van der Waals surface area contributed by atoms with Gasteiger partial charge >= 0.3 is 0 Å². The molecular formula is C30H22N4O2. The van der Waals surface area contributed by atoms with Crippen molar-refractivity contribution in [2.24, 2.45) is 0 Å². The number of hydrogen-bond donors (Lipinski definition) is 1. The van der Waals surface area contributed by atoms with Crippen LogP contribution in [-0.2, 0) is 6.61 Å². The van der Waals surface area contributed by atoms with E-state index < -0.39 is 0 Å². The number of aromatic nitrogens is 4. The second-order valence-electron chi connectivity index (χ2n) is 8.87. The number of aliphatic hydroxyl groups excluding tert-OH is 1. The minimum absolute atomic E-state index is 0.0313. The zero-order valence-corrected chi connectivity index (χ0v) is 19.6. The lowest BCUT2D eigenvalue weighted by Gasteiger charge is -2.13. The first-order valence-electron chi connectivity index (χ1n) is 11.8. The van der Waals surface area contributed by atoms with Gasteiger partial charge in [-0.15, -0.1) is 0 Å². The van der Waals surface area contributed by atoms with E-state index in [1.54, 1.807) is 7.11 Å². The number of methoxy groups -OCH3 is 1. The number of benzene rings is 3. The molecule has 0 unspecified atom stereocenters. The molecule has 0 spiro atoms. The molecule has 7 aromatic rings. The summed E-state index contributed by atoms with van der Waals surface area (Å²) in [6.45, 7) is 0.0313. The van der Waals surface area contributed by atoms with Crippen LogP contribution in [0, 0.1) is 0 Å². The second kappa shape index (κ2) is 7.93.